The Hall–Kier alpha value is -1.74. The number of aliphatic imine (C=N–C) groups is 1. The number of amidine groups is 1. The van der Waals surface area contributed by atoms with Crippen LogP contribution in [0.15, 0.2) is 59.6 Å². The Morgan fingerprint density at radius 3 is 2.48 bits per heavy atom. The minimum Gasteiger partial charge on any atom is -0.334 e. The summed E-state index contributed by atoms with van der Waals surface area (Å²) < 4.78 is 0. The second-order valence-corrected chi connectivity index (χ2v) is 6.91. The molecule has 2 nitrogen and oxygen atoms in total. The van der Waals surface area contributed by atoms with Crippen LogP contribution in [-0.4, -0.2) is 16.5 Å². The van der Waals surface area contributed by atoms with E-state index in [9.17, 15) is 0 Å². The van der Waals surface area contributed by atoms with Crippen LogP contribution in [0.3, 0.4) is 0 Å². The highest BCUT2D eigenvalue weighted by molar-refractivity contribution is 8.14. The van der Waals surface area contributed by atoms with Gasteiger partial charge in [-0.25, -0.2) is 0 Å². The fourth-order valence-corrected chi connectivity index (χ4v) is 3.81. The molecule has 1 aliphatic heterocycles. The number of hydrogen-bond acceptors (Lipinski definition) is 3. The first-order valence-corrected chi connectivity index (χ1v) is 8.26. The van der Waals surface area contributed by atoms with Crippen molar-refractivity contribution in [2.75, 3.05) is 5.32 Å². The molecule has 0 fully saturated rings. The van der Waals surface area contributed by atoms with Gasteiger partial charge in [-0.1, -0.05) is 67.2 Å². The first-order valence-electron chi connectivity index (χ1n) is 7.38. The van der Waals surface area contributed by atoms with E-state index in [2.05, 4.69) is 67.7 Å². The number of anilines is 1. The van der Waals surface area contributed by atoms with E-state index in [0.29, 0.717) is 11.3 Å². The molecule has 3 rings (SSSR count). The average Bonchev–Trinajstić information content (AvgIpc) is 2.48. The van der Waals surface area contributed by atoms with Gasteiger partial charge in [-0.3, -0.25) is 4.99 Å². The Bertz CT molecular complexity index is 637. The molecule has 0 spiro atoms. The summed E-state index contributed by atoms with van der Waals surface area (Å²) >= 11 is 1.83. The maximum atomic E-state index is 4.73. The standard InChI is InChI=1S/C18H20N2S/c1-13-12-14(2)21-18(19-13)20-17-11-7-6-10-16(17)15-8-4-3-5-9-15/h3-11,13-14H,12H2,1-2H3,(H,19,20). The van der Waals surface area contributed by atoms with Gasteiger partial charge in [0.2, 0.25) is 0 Å². The van der Waals surface area contributed by atoms with E-state index in [0.717, 1.165) is 17.3 Å². The van der Waals surface area contributed by atoms with Gasteiger partial charge in [0.15, 0.2) is 5.17 Å². The molecule has 0 bridgehead atoms. The molecule has 21 heavy (non-hydrogen) atoms. The molecule has 108 valence electrons. The van der Waals surface area contributed by atoms with Crippen molar-refractivity contribution >= 4 is 22.6 Å². The summed E-state index contributed by atoms with van der Waals surface area (Å²) in [5, 5.41) is 5.17. The third kappa shape index (κ3) is 3.48. The van der Waals surface area contributed by atoms with Crippen molar-refractivity contribution in [1.29, 1.82) is 0 Å². The summed E-state index contributed by atoms with van der Waals surface area (Å²) in [5.41, 5.74) is 3.56. The van der Waals surface area contributed by atoms with Crippen LogP contribution in [0.2, 0.25) is 0 Å². The Kier molecular flexibility index (Phi) is 4.30. The summed E-state index contributed by atoms with van der Waals surface area (Å²) in [7, 11) is 0. The quantitative estimate of drug-likeness (QED) is 0.840. The van der Waals surface area contributed by atoms with Crippen molar-refractivity contribution in [3.05, 3.63) is 54.6 Å². The Labute approximate surface area is 130 Å². The zero-order valence-corrected chi connectivity index (χ0v) is 13.2. The maximum Gasteiger partial charge on any atom is 0.161 e. The SMILES string of the molecule is CC1CC(C)SC(Nc2ccccc2-c2ccccc2)=N1. The van der Waals surface area contributed by atoms with E-state index in [1.165, 1.54) is 11.1 Å². The molecule has 2 atom stereocenters. The molecule has 1 N–H and O–H groups in total. The van der Waals surface area contributed by atoms with Crippen LogP contribution in [0.1, 0.15) is 20.3 Å². The topological polar surface area (TPSA) is 24.4 Å². The summed E-state index contributed by atoms with van der Waals surface area (Å²) in [6, 6.07) is 19.3. The van der Waals surface area contributed by atoms with Crippen LogP contribution >= 0.6 is 11.8 Å². The molecule has 2 unspecified atom stereocenters. The molecule has 0 radical (unpaired) electrons. The highest BCUT2D eigenvalue weighted by Crippen LogP contribution is 2.31. The van der Waals surface area contributed by atoms with Crippen molar-refractivity contribution in [3.8, 4) is 11.1 Å². The smallest absolute Gasteiger partial charge is 0.161 e. The van der Waals surface area contributed by atoms with Gasteiger partial charge in [0, 0.05) is 16.5 Å². The lowest BCUT2D eigenvalue weighted by atomic mass is 10.0. The molecule has 2 aromatic rings. The Balaban J connectivity index is 1.90. The van der Waals surface area contributed by atoms with E-state index >= 15 is 0 Å². The predicted octanol–water partition coefficient (Wildman–Crippen LogP) is 5.04. The number of rotatable bonds is 2. The van der Waals surface area contributed by atoms with Crippen LogP contribution in [-0.2, 0) is 0 Å². The van der Waals surface area contributed by atoms with Gasteiger partial charge in [-0.05, 0) is 25.0 Å². The van der Waals surface area contributed by atoms with Gasteiger partial charge in [0.1, 0.15) is 0 Å². The number of hydrogen-bond donors (Lipinski definition) is 1. The molecule has 2 aromatic carbocycles. The average molecular weight is 296 g/mol. The van der Waals surface area contributed by atoms with E-state index in [-0.39, 0.29) is 0 Å². The fourth-order valence-electron chi connectivity index (χ4n) is 2.64. The normalized spacial score (nSPS) is 21.7. The lowest BCUT2D eigenvalue weighted by Gasteiger charge is -2.23. The number of nitrogens with zero attached hydrogens (tertiary/aromatic N) is 1. The van der Waals surface area contributed by atoms with Gasteiger partial charge in [0.25, 0.3) is 0 Å². The van der Waals surface area contributed by atoms with Crippen molar-refractivity contribution in [2.45, 2.75) is 31.6 Å². The zero-order chi connectivity index (χ0) is 14.7. The van der Waals surface area contributed by atoms with Gasteiger partial charge in [-0.2, -0.15) is 0 Å². The molecule has 0 saturated carbocycles. The lowest BCUT2D eigenvalue weighted by Crippen LogP contribution is -2.22. The van der Waals surface area contributed by atoms with Crippen molar-refractivity contribution in [2.24, 2.45) is 4.99 Å². The largest absolute Gasteiger partial charge is 0.334 e. The third-order valence-corrected chi connectivity index (χ3v) is 4.60. The van der Waals surface area contributed by atoms with Crippen molar-refractivity contribution in [3.63, 3.8) is 0 Å². The molecule has 1 heterocycles. The van der Waals surface area contributed by atoms with Gasteiger partial charge < -0.3 is 5.32 Å². The van der Waals surface area contributed by atoms with Crippen LogP contribution in [0.25, 0.3) is 11.1 Å². The number of nitrogens with one attached hydrogen (secondary N) is 1. The second kappa shape index (κ2) is 6.35. The van der Waals surface area contributed by atoms with Crippen LogP contribution < -0.4 is 5.32 Å². The van der Waals surface area contributed by atoms with Crippen LogP contribution in [0.5, 0.6) is 0 Å². The molecule has 0 saturated heterocycles. The highest BCUT2D eigenvalue weighted by Gasteiger charge is 2.19. The minimum absolute atomic E-state index is 0.396. The predicted molar refractivity (Wildman–Crippen MR) is 94.1 cm³/mol. The molecule has 3 heteroatoms. The van der Waals surface area contributed by atoms with E-state index in [1.54, 1.807) is 0 Å². The summed E-state index contributed by atoms with van der Waals surface area (Å²) in [6.45, 7) is 4.45. The maximum absolute atomic E-state index is 4.73. The fraction of sp³-hybridized carbons (Fsp3) is 0.278. The van der Waals surface area contributed by atoms with Crippen molar-refractivity contribution in [1.82, 2.24) is 0 Å². The number of benzene rings is 2. The molecule has 1 aliphatic rings. The van der Waals surface area contributed by atoms with E-state index < -0.39 is 0 Å². The molecular weight excluding hydrogens is 276 g/mol. The lowest BCUT2D eigenvalue weighted by molar-refractivity contribution is 0.661. The summed E-state index contributed by atoms with van der Waals surface area (Å²) in [4.78, 5) is 4.73. The number of para-hydroxylation sites is 1. The van der Waals surface area contributed by atoms with Crippen LogP contribution in [0.4, 0.5) is 5.69 Å². The highest BCUT2D eigenvalue weighted by atomic mass is 32.2. The minimum atomic E-state index is 0.396. The van der Waals surface area contributed by atoms with Gasteiger partial charge in [-0.15, -0.1) is 0 Å². The van der Waals surface area contributed by atoms with Crippen molar-refractivity contribution < 1.29 is 0 Å². The number of thioether (sulfide) groups is 1. The summed E-state index contributed by atoms with van der Waals surface area (Å²) in [5.74, 6) is 0. The second-order valence-electron chi connectivity index (χ2n) is 5.48. The van der Waals surface area contributed by atoms with Crippen LogP contribution in [0, 0.1) is 0 Å². The molecular formula is C18H20N2S. The zero-order valence-electron chi connectivity index (χ0n) is 12.4. The first kappa shape index (κ1) is 14.2. The van der Waals surface area contributed by atoms with E-state index in [1.807, 2.05) is 17.8 Å². The molecule has 0 aliphatic carbocycles. The Morgan fingerprint density at radius 2 is 1.71 bits per heavy atom. The van der Waals surface area contributed by atoms with E-state index in [4.69, 9.17) is 4.99 Å². The summed E-state index contributed by atoms with van der Waals surface area (Å²) in [6.07, 6.45) is 1.15. The van der Waals surface area contributed by atoms with Gasteiger partial charge >= 0.3 is 0 Å². The van der Waals surface area contributed by atoms with Gasteiger partial charge in [0.05, 0.1) is 6.04 Å². The molecule has 0 amide bonds. The monoisotopic (exact) mass is 296 g/mol. The third-order valence-electron chi connectivity index (χ3n) is 3.58. The molecule has 0 aromatic heterocycles. The first-order chi connectivity index (χ1) is 10.2. The Morgan fingerprint density at radius 1 is 1.00 bits per heavy atom.